The van der Waals surface area contributed by atoms with E-state index in [1.165, 1.54) is 34.1 Å². The van der Waals surface area contributed by atoms with Crippen molar-refractivity contribution in [1.29, 1.82) is 0 Å². The van der Waals surface area contributed by atoms with Crippen LogP contribution in [0.15, 0.2) is 58.1 Å². The molecular weight excluding hydrogens is 636 g/mol. The van der Waals surface area contributed by atoms with Crippen LogP contribution < -0.4 is 14.4 Å². The lowest BCUT2D eigenvalue weighted by Gasteiger charge is -2.25. The molecule has 0 fully saturated rings. The summed E-state index contributed by atoms with van der Waals surface area (Å²) in [6.45, 7) is 10.5. The molecular formula is C32H33FN4O5S3. The molecule has 0 bridgehead atoms. The Labute approximate surface area is 273 Å². The van der Waals surface area contributed by atoms with Crippen LogP contribution in [-0.2, 0) is 10.5 Å². The summed E-state index contributed by atoms with van der Waals surface area (Å²) in [5.41, 5.74) is 1.46. The van der Waals surface area contributed by atoms with Crippen LogP contribution in [0.5, 0.6) is 11.5 Å². The van der Waals surface area contributed by atoms with Gasteiger partial charge in [-0.15, -0.1) is 21.5 Å². The summed E-state index contributed by atoms with van der Waals surface area (Å²) in [5, 5.41) is 20.6. The molecule has 2 aromatic carbocycles. The number of nitrogens with zero attached hydrogens (tertiary/aromatic N) is 4. The van der Waals surface area contributed by atoms with Crippen molar-refractivity contribution in [1.82, 2.24) is 15.2 Å². The number of carbonyl (C=O) groups is 2. The molecule has 0 radical (unpaired) electrons. The average molecular weight is 669 g/mol. The van der Waals surface area contributed by atoms with E-state index in [1.54, 1.807) is 50.2 Å². The lowest BCUT2D eigenvalue weighted by atomic mass is 9.95. The zero-order chi connectivity index (χ0) is 32.2. The molecule has 2 aromatic heterocycles. The lowest BCUT2D eigenvalue weighted by Crippen LogP contribution is -2.31. The molecule has 1 amide bonds. The highest BCUT2D eigenvalue weighted by atomic mass is 32.2. The standard InChI is InChI=1S/C32H33FN4O5S3/c1-6-41-24-15-20(11-12-23(24)42-14-13-17(2)3)26-25(27(38)29-18(4)34-19(5)44-29)28(39)30(40)37(26)31-35-36-32(45-31)43-16-21-9-7-8-10-22(21)33/h7-12,15,17,26,39H,6,13-14,16H2,1-5H3. The molecule has 0 saturated carbocycles. The number of ether oxygens (including phenoxy) is 2. The second-order valence-corrected chi connectivity index (χ2v) is 14.1. The molecule has 0 saturated heterocycles. The normalized spacial score (nSPS) is 15.0. The zero-order valence-corrected chi connectivity index (χ0v) is 27.9. The number of hydrogen-bond acceptors (Lipinski definition) is 11. The third-order valence-corrected chi connectivity index (χ3v) is 10.2. The number of aliphatic hydroxyl groups excluding tert-OH is 1. The Morgan fingerprint density at radius 2 is 1.89 bits per heavy atom. The van der Waals surface area contributed by atoms with Gasteiger partial charge in [0.15, 0.2) is 21.6 Å². The highest BCUT2D eigenvalue weighted by molar-refractivity contribution is 8.00. The van der Waals surface area contributed by atoms with Gasteiger partial charge in [0.25, 0.3) is 5.91 Å². The number of ketones is 1. The van der Waals surface area contributed by atoms with Gasteiger partial charge in [-0.25, -0.2) is 9.37 Å². The Bertz CT molecular complexity index is 1750. The maximum atomic E-state index is 14.2. The van der Waals surface area contributed by atoms with Gasteiger partial charge < -0.3 is 14.6 Å². The second-order valence-electron chi connectivity index (χ2n) is 10.7. The highest BCUT2D eigenvalue weighted by Gasteiger charge is 2.47. The van der Waals surface area contributed by atoms with Crippen molar-refractivity contribution in [3.8, 4) is 11.5 Å². The first-order valence-corrected chi connectivity index (χ1v) is 17.1. The van der Waals surface area contributed by atoms with Gasteiger partial charge >= 0.3 is 0 Å². The predicted molar refractivity (Wildman–Crippen MR) is 174 cm³/mol. The molecule has 3 heterocycles. The van der Waals surface area contributed by atoms with Crippen LogP contribution in [0.25, 0.3) is 0 Å². The van der Waals surface area contributed by atoms with Gasteiger partial charge in [0.05, 0.1) is 40.4 Å². The second kappa shape index (κ2) is 14.1. The van der Waals surface area contributed by atoms with E-state index in [0.29, 0.717) is 67.4 Å². The molecule has 1 N–H and O–H groups in total. The summed E-state index contributed by atoms with van der Waals surface area (Å²) in [4.78, 5) is 33.7. The van der Waals surface area contributed by atoms with Gasteiger partial charge in [0.1, 0.15) is 5.82 Å². The number of aryl methyl sites for hydroxylation is 2. The average Bonchev–Trinajstić information content (AvgIpc) is 3.68. The van der Waals surface area contributed by atoms with Crippen molar-refractivity contribution in [3.63, 3.8) is 0 Å². The first kappa shape index (κ1) is 32.6. The zero-order valence-electron chi connectivity index (χ0n) is 25.5. The number of thioether (sulfide) groups is 1. The number of amides is 1. The maximum Gasteiger partial charge on any atom is 0.296 e. The van der Waals surface area contributed by atoms with Crippen molar-refractivity contribution in [2.45, 2.75) is 57.2 Å². The number of carbonyl (C=O) groups excluding carboxylic acids is 2. The Hall–Kier alpha value is -3.81. The first-order chi connectivity index (χ1) is 21.6. The summed E-state index contributed by atoms with van der Waals surface area (Å²) in [6, 6.07) is 10.7. The van der Waals surface area contributed by atoms with E-state index in [4.69, 9.17) is 9.47 Å². The van der Waals surface area contributed by atoms with Crippen molar-refractivity contribution in [2.24, 2.45) is 5.92 Å². The smallest absolute Gasteiger partial charge is 0.296 e. The Kier molecular flexibility index (Phi) is 10.2. The number of aliphatic hydroxyl groups is 1. The number of anilines is 1. The van der Waals surface area contributed by atoms with Crippen LogP contribution in [0.3, 0.4) is 0 Å². The fraction of sp³-hybridized carbons (Fsp3) is 0.344. The molecule has 13 heteroatoms. The largest absolute Gasteiger partial charge is 0.503 e. The molecule has 1 aliphatic rings. The molecule has 0 aliphatic carbocycles. The minimum Gasteiger partial charge on any atom is -0.503 e. The van der Waals surface area contributed by atoms with Crippen molar-refractivity contribution < 1.29 is 28.6 Å². The number of hydrogen-bond donors (Lipinski definition) is 1. The maximum absolute atomic E-state index is 14.2. The summed E-state index contributed by atoms with van der Waals surface area (Å²) < 4.78 is 26.6. The molecule has 9 nitrogen and oxygen atoms in total. The van der Waals surface area contributed by atoms with Crippen molar-refractivity contribution >= 4 is 51.3 Å². The summed E-state index contributed by atoms with van der Waals surface area (Å²) in [6.07, 6.45) is 0.857. The van der Waals surface area contributed by atoms with E-state index in [2.05, 4.69) is 29.0 Å². The van der Waals surface area contributed by atoms with E-state index >= 15 is 0 Å². The number of halogens is 1. The molecule has 1 atom stereocenters. The fourth-order valence-electron chi connectivity index (χ4n) is 4.81. The topological polar surface area (TPSA) is 115 Å². The van der Waals surface area contributed by atoms with Gasteiger partial charge in [-0.05, 0) is 62.4 Å². The molecule has 4 aromatic rings. The third-order valence-electron chi connectivity index (χ3n) is 7.01. The minimum absolute atomic E-state index is 0.0848. The molecule has 5 rings (SSSR count). The SMILES string of the molecule is CCOc1cc(C2C(C(=O)c3sc(C)nc3C)=C(O)C(=O)N2c2nnc(SCc3ccccc3F)s2)ccc1OCCC(C)C. The monoisotopic (exact) mass is 668 g/mol. The minimum atomic E-state index is -1.03. The van der Waals surface area contributed by atoms with Crippen LogP contribution in [-0.4, -0.2) is 45.2 Å². The highest BCUT2D eigenvalue weighted by Crippen LogP contribution is 2.46. The van der Waals surface area contributed by atoms with E-state index < -0.39 is 23.5 Å². The molecule has 1 aliphatic heterocycles. The number of benzene rings is 2. The van der Waals surface area contributed by atoms with Crippen LogP contribution >= 0.6 is 34.4 Å². The Morgan fingerprint density at radius 3 is 2.58 bits per heavy atom. The summed E-state index contributed by atoms with van der Waals surface area (Å²) >= 11 is 3.59. The van der Waals surface area contributed by atoms with Crippen molar-refractivity contribution in [3.05, 3.63) is 86.3 Å². The van der Waals surface area contributed by atoms with Gasteiger partial charge in [0.2, 0.25) is 10.9 Å². The Morgan fingerprint density at radius 1 is 1.11 bits per heavy atom. The van der Waals surface area contributed by atoms with Crippen LogP contribution in [0.4, 0.5) is 9.52 Å². The Balaban J connectivity index is 1.54. The molecule has 236 valence electrons. The summed E-state index contributed by atoms with van der Waals surface area (Å²) in [5.74, 6) is -0.503. The molecule has 0 spiro atoms. The van der Waals surface area contributed by atoms with Gasteiger partial charge in [0, 0.05) is 5.75 Å². The van der Waals surface area contributed by atoms with Gasteiger partial charge in [-0.1, -0.05) is 61.2 Å². The fourth-order valence-corrected chi connectivity index (χ4v) is 7.54. The van der Waals surface area contributed by atoms with Crippen molar-refractivity contribution in [2.75, 3.05) is 18.1 Å². The number of aromatic nitrogens is 3. The number of rotatable bonds is 13. The quantitative estimate of drug-likeness (QED) is 0.0872. The lowest BCUT2D eigenvalue weighted by molar-refractivity contribution is -0.117. The van der Waals surface area contributed by atoms with Gasteiger partial charge in [-0.3, -0.25) is 14.5 Å². The van der Waals surface area contributed by atoms with E-state index in [-0.39, 0.29) is 16.5 Å². The third kappa shape index (κ3) is 7.05. The van der Waals surface area contributed by atoms with Crippen LogP contribution in [0.2, 0.25) is 0 Å². The van der Waals surface area contributed by atoms with Crippen LogP contribution in [0, 0.1) is 25.6 Å². The number of thiazole rings is 1. The van der Waals surface area contributed by atoms with E-state index in [1.807, 2.05) is 6.92 Å². The van der Waals surface area contributed by atoms with E-state index in [9.17, 15) is 19.1 Å². The first-order valence-electron chi connectivity index (χ1n) is 14.4. The van der Waals surface area contributed by atoms with Gasteiger partial charge in [-0.2, -0.15) is 0 Å². The van der Waals surface area contributed by atoms with Crippen LogP contribution in [0.1, 0.15) is 64.7 Å². The summed E-state index contributed by atoms with van der Waals surface area (Å²) in [7, 11) is 0. The number of Topliss-reactive ketones (excluding diaryl/α,β-unsaturated/α-hetero) is 1. The predicted octanol–water partition coefficient (Wildman–Crippen LogP) is 7.65. The van der Waals surface area contributed by atoms with E-state index in [0.717, 1.165) is 17.8 Å². The molecule has 45 heavy (non-hydrogen) atoms. The molecule has 1 unspecified atom stereocenters.